The number of rotatable bonds is 2. The lowest BCUT2D eigenvalue weighted by Gasteiger charge is -2.20. The number of nitrogens with one attached hydrogen (secondary N) is 2. The van der Waals surface area contributed by atoms with Crippen molar-refractivity contribution in [3.05, 3.63) is 40.6 Å². The molecule has 0 atom stereocenters. The van der Waals surface area contributed by atoms with Crippen LogP contribution in [0.25, 0.3) is 0 Å². The van der Waals surface area contributed by atoms with E-state index in [1.807, 2.05) is 11.4 Å². The average molecular weight is 274 g/mol. The fourth-order valence-electron chi connectivity index (χ4n) is 1.79. The maximum Gasteiger partial charge on any atom is 0.265 e. The van der Waals surface area contributed by atoms with Gasteiger partial charge in [0.15, 0.2) is 6.61 Å². The number of thiophene rings is 1. The standard InChI is InChI=1S/C13H10N2O3S/c16-11-7-18-9-4-1-3-8(12(9)15-11)14-13(17)10-5-2-6-19-10/h1-6H,7H2,(H,14,17)(H,15,16). The number of anilines is 2. The van der Waals surface area contributed by atoms with Crippen molar-refractivity contribution in [1.29, 1.82) is 0 Å². The molecule has 19 heavy (non-hydrogen) atoms. The highest BCUT2D eigenvalue weighted by molar-refractivity contribution is 7.12. The third-order valence-electron chi connectivity index (χ3n) is 2.64. The number of hydrogen-bond acceptors (Lipinski definition) is 4. The largest absolute Gasteiger partial charge is 0.481 e. The first-order chi connectivity index (χ1) is 9.24. The number of carbonyl (C=O) groups excluding carboxylic acids is 2. The second-order valence-electron chi connectivity index (χ2n) is 3.95. The Balaban J connectivity index is 1.89. The summed E-state index contributed by atoms with van der Waals surface area (Å²) in [5, 5.41) is 7.31. The van der Waals surface area contributed by atoms with Crippen molar-refractivity contribution >= 4 is 34.5 Å². The van der Waals surface area contributed by atoms with E-state index in [2.05, 4.69) is 10.6 Å². The van der Waals surface area contributed by atoms with E-state index in [0.29, 0.717) is 22.0 Å². The minimum Gasteiger partial charge on any atom is -0.481 e. The van der Waals surface area contributed by atoms with Crippen LogP contribution >= 0.6 is 11.3 Å². The van der Waals surface area contributed by atoms with Crippen LogP contribution in [0.4, 0.5) is 11.4 Å². The van der Waals surface area contributed by atoms with Gasteiger partial charge in [-0.15, -0.1) is 11.3 Å². The summed E-state index contributed by atoms with van der Waals surface area (Å²) in [5.41, 5.74) is 1.03. The molecular weight excluding hydrogens is 264 g/mol. The Morgan fingerprint density at radius 1 is 1.32 bits per heavy atom. The van der Waals surface area contributed by atoms with Gasteiger partial charge in [-0.1, -0.05) is 12.1 Å². The van der Waals surface area contributed by atoms with Crippen LogP contribution in [-0.4, -0.2) is 18.4 Å². The number of hydrogen-bond donors (Lipinski definition) is 2. The summed E-state index contributed by atoms with van der Waals surface area (Å²) in [5.74, 6) is 0.122. The normalized spacial score (nSPS) is 13.2. The molecular formula is C13H10N2O3S. The van der Waals surface area contributed by atoms with Gasteiger partial charge >= 0.3 is 0 Å². The monoisotopic (exact) mass is 274 g/mol. The molecule has 6 heteroatoms. The zero-order valence-electron chi connectivity index (χ0n) is 9.80. The van der Waals surface area contributed by atoms with Gasteiger partial charge < -0.3 is 15.4 Å². The number of carbonyl (C=O) groups is 2. The van der Waals surface area contributed by atoms with Crippen LogP contribution in [0.2, 0.25) is 0 Å². The Morgan fingerprint density at radius 3 is 3.00 bits per heavy atom. The van der Waals surface area contributed by atoms with Gasteiger partial charge in [-0.3, -0.25) is 9.59 Å². The third-order valence-corrected chi connectivity index (χ3v) is 3.51. The summed E-state index contributed by atoms with van der Waals surface area (Å²) in [6, 6.07) is 8.78. The second-order valence-corrected chi connectivity index (χ2v) is 4.89. The quantitative estimate of drug-likeness (QED) is 0.883. The summed E-state index contributed by atoms with van der Waals surface area (Å²) < 4.78 is 5.29. The molecule has 0 fully saturated rings. The summed E-state index contributed by atoms with van der Waals surface area (Å²) in [6.07, 6.45) is 0. The van der Waals surface area contributed by atoms with Crippen LogP contribution in [-0.2, 0) is 4.79 Å². The zero-order chi connectivity index (χ0) is 13.2. The summed E-state index contributed by atoms with van der Waals surface area (Å²) >= 11 is 1.36. The fraction of sp³-hybridized carbons (Fsp3) is 0.0769. The van der Waals surface area contributed by atoms with Crippen LogP contribution in [0, 0.1) is 0 Å². The molecule has 0 bridgehead atoms. The number of para-hydroxylation sites is 1. The highest BCUT2D eigenvalue weighted by Gasteiger charge is 2.20. The van der Waals surface area contributed by atoms with Gasteiger partial charge in [0.25, 0.3) is 11.8 Å². The molecule has 2 amide bonds. The molecule has 2 heterocycles. The maximum atomic E-state index is 12.0. The smallest absolute Gasteiger partial charge is 0.265 e. The third kappa shape index (κ3) is 2.30. The molecule has 2 aromatic rings. The molecule has 5 nitrogen and oxygen atoms in total. The molecule has 0 aliphatic carbocycles. The van der Waals surface area contributed by atoms with Gasteiger partial charge in [0.05, 0.1) is 10.6 Å². The van der Waals surface area contributed by atoms with Gasteiger partial charge in [0.2, 0.25) is 0 Å². The molecule has 1 aliphatic heterocycles. The predicted octanol–water partition coefficient (Wildman–Crippen LogP) is 2.33. The van der Waals surface area contributed by atoms with E-state index in [-0.39, 0.29) is 18.4 Å². The predicted molar refractivity (Wildman–Crippen MR) is 72.8 cm³/mol. The lowest BCUT2D eigenvalue weighted by atomic mass is 10.2. The first kappa shape index (κ1) is 11.7. The minimum atomic E-state index is -0.231. The highest BCUT2D eigenvalue weighted by Crippen LogP contribution is 2.35. The number of amides is 2. The molecule has 1 aromatic heterocycles. The first-order valence-electron chi connectivity index (χ1n) is 5.64. The average Bonchev–Trinajstić information content (AvgIpc) is 2.93. The molecule has 1 aliphatic rings. The summed E-state index contributed by atoms with van der Waals surface area (Å²) in [7, 11) is 0. The number of fused-ring (bicyclic) bond motifs is 1. The van der Waals surface area contributed by atoms with Crippen LogP contribution in [0.15, 0.2) is 35.7 Å². The lowest BCUT2D eigenvalue weighted by Crippen LogP contribution is -2.26. The minimum absolute atomic E-state index is 0.00464. The zero-order valence-corrected chi connectivity index (χ0v) is 10.6. The molecule has 0 radical (unpaired) electrons. The van der Waals surface area contributed by atoms with E-state index in [1.54, 1.807) is 24.3 Å². The van der Waals surface area contributed by atoms with Crippen molar-refractivity contribution in [3.63, 3.8) is 0 Å². The second kappa shape index (κ2) is 4.74. The molecule has 0 spiro atoms. The molecule has 0 saturated carbocycles. The van der Waals surface area contributed by atoms with Crippen molar-refractivity contribution in [2.24, 2.45) is 0 Å². The van der Waals surface area contributed by atoms with E-state index >= 15 is 0 Å². The Bertz CT molecular complexity index is 637. The maximum absolute atomic E-state index is 12.0. The Hall–Kier alpha value is -2.34. The SMILES string of the molecule is O=C1COc2cccc(NC(=O)c3cccs3)c2N1. The Kier molecular flexibility index (Phi) is 2.92. The Labute approximate surface area is 113 Å². The first-order valence-corrected chi connectivity index (χ1v) is 6.52. The van der Waals surface area contributed by atoms with Gasteiger partial charge in [-0.05, 0) is 23.6 Å². The summed E-state index contributed by atoms with van der Waals surface area (Å²) in [6.45, 7) is -0.00464. The summed E-state index contributed by atoms with van der Waals surface area (Å²) in [4.78, 5) is 23.9. The van der Waals surface area contributed by atoms with Crippen LogP contribution < -0.4 is 15.4 Å². The van der Waals surface area contributed by atoms with E-state index < -0.39 is 0 Å². The fourth-order valence-corrected chi connectivity index (χ4v) is 2.41. The van der Waals surface area contributed by atoms with Crippen molar-refractivity contribution in [1.82, 2.24) is 0 Å². The van der Waals surface area contributed by atoms with Gasteiger partial charge in [-0.25, -0.2) is 0 Å². The van der Waals surface area contributed by atoms with Crippen molar-refractivity contribution in [2.45, 2.75) is 0 Å². The molecule has 0 saturated heterocycles. The number of ether oxygens (including phenoxy) is 1. The van der Waals surface area contributed by atoms with Gasteiger partial charge in [0, 0.05) is 0 Å². The highest BCUT2D eigenvalue weighted by atomic mass is 32.1. The van der Waals surface area contributed by atoms with E-state index in [9.17, 15) is 9.59 Å². The Morgan fingerprint density at radius 2 is 2.21 bits per heavy atom. The van der Waals surface area contributed by atoms with Crippen molar-refractivity contribution in [3.8, 4) is 5.75 Å². The van der Waals surface area contributed by atoms with Gasteiger partial charge in [-0.2, -0.15) is 0 Å². The molecule has 3 rings (SSSR count). The lowest BCUT2D eigenvalue weighted by molar-refractivity contribution is -0.118. The molecule has 1 aromatic carbocycles. The molecule has 2 N–H and O–H groups in total. The van der Waals surface area contributed by atoms with Crippen LogP contribution in [0.1, 0.15) is 9.67 Å². The van der Waals surface area contributed by atoms with E-state index in [4.69, 9.17) is 4.74 Å². The van der Waals surface area contributed by atoms with Crippen molar-refractivity contribution in [2.75, 3.05) is 17.2 Å². The van der Waals surface area contributed by atoms with Crippen molar-refractivity contribution < 1.29 is 14.3 Å². The van der Waals surface area contributed by atoms with Gasteiger partial charge in [0.1, 0.15) is 11.4 Å². The van der Waals surface area contributed by atoms with E-state index in [1.165, 1.54) is 11.3 Å². The van der Waals surface area contributed by atoms with E-state index in [0.717, 1.165) is 0 Å². The van der Waals surface area contributed by atoms with Crippen LogP contribution in [0.5, 0.6) is 5.75 Å². The topological polar surface area (TPSA) is 67.4 Å². The molecule has 96 valence electrons. The molecule has 0 unspecified atom stereocenters. The van der Waals surface area contributed by atoms with Crippen LogP contribution in [0.3, 0.4) is 0 Å². The number of benzene rings is 1.